The number of rotatable bonds is 3. The third-order valence-electron chi connectivity index (χ3n) is 3.70. The van der Waals surface area contributed by atoms with Gasteiger partial charge in [0.15, 0.2) is 0 Å². The Balaban J connectivity index is 2.03. The van der Waals surface area contributed by atoms with E-state index < -0.39 is 5.60 Å². The first-order valence-electron chi connectivity index (χ1n) is 7.88. The quantitative estimate of drug-likeness (QED) is 0.858. The number of nitrogens with zero attached hydrogens (tertiary/aromatic N) is 3. The predicted molar refractivity (Wildman–Crippen MR) is 82.3 cm³/mol. The van der Waals surface area contributed by atoms with E-state index in [1.54, 1.807) is 0 Å². The fraction of sp³-hybridized carbons (Fsp3) is 0.750. The van der Waals surface area contributed by atoms with Crippen LogP contribution < -0.4 is 0 Å². The lowest BCUT2D eigenvalue weighted by molar-refractivity contribution is 0.0196. The van der Waals surface area contributed by atoms with Crippen molar-refractivity contribution in [3.63, 3.8) is 0 Å². The lowest BCUT2D eigenvalue weighted by Crippen LogP contribution is -2.42. The summed E-state index contributed by atoms with van der Waals surface area (Å²) in [4.78, 5) is 18.3. The van der Waals surface area contributed by atoms with Crippen molar-refractivity contribution in [1.29, 1.82) is 0 Å². The smallest absolute Gasteiger partial charge is 0.410 e. The Morgan fingerprint density at radius 3 is 2.90 bits per heavy atom. The molecule has 2 rings (SSSR count). The van der Waals surface area contributed by atoms with Gasteiger partial charge in [-0.1, -0.05) is 6.92 Å². The minimum absolute atomic E-state index is 0.200. The number of aryl methyl sites for hydroxylation is 1. The second-order valence-electron chi connectivity index (χ2n) is 6.78. The van der Waals surface area contributed by atoms with Crippen LogP contribution in [0.5, 0.6) is 0 Å². The fourth-order valence-electron chi connectivity index (χ4n) is 2.81. The molecule has 118 valence electrons. The van der Waals surface area contributed by atoms with Gasteiger partial charge in [0.25, 0.3) is 0 Å². The van der Waals surface area contributed by atoms with Gasteiger partial charge in [0.2, 0.25) is 0 Å². The van der Waals surface area contributed by atoms with E-state index >= 15 is 0 Å². The van der Waals surface area contributed by atoms with E-state index in [-0.39, 0.29) is 6.09 Å². The number of amides is 1. The Kier molecular flexibility index (Phi) is 4.91. The minimum atomic E-state index is -0.436. The van der Waals surface area contributed by atoms with Gasteiger partial charge in [-0.2, -0.15) is 0 Å². The Hall–Kier alpha value is -1.52. The lowest BCUT2D eigenvalue weighted by atomic mass is 9.95. The van der Waals surface area contributed by atoms with Crippen LogP contribution in [0.4, 0.5) is 4.79 Å². The molecule has 0 bridgehead atoms. The number of hydrogen-bond acceptors (Lipinski definition) is 3. The molecule has 2 heterocycles. The van der Waals surface area contributed by atoms with E-state index in [0.29, 0.717) is 5.92 Å². The van der Waals surface area contributed by atoms with Gasteiger partial charge < -0.3 is 14.2 Å². The SMILES string of the molecule is CCCn1cncc1C1CCCN(C(=O)OC(C)(C)C)C1. The molecule has 1 saturated heterocycles. The van der Waals surface area contributed by atoms with Crippen LogP contribution >= 0.6 is 0 Å². The van der Waals surface area contributed by atoms with Crippen LogP contribution in [-0.2, 0) is 11.3 Å². The Bertz CT molecular complexity index is 476. The molecule has 0 spiro atoms. The third-order valence-corrected chi connectivity index (χ3v) is 3.70. The largest absolute Gasteiger partial charge is 0.444 e. The zero-order chi connectivity index (χ0) is 15.5. The summed E-state index contributed by atoms with van der Waals surface area (Å²) < 4.78 is 7.70. The van der Waals surface area contributed by atoms with E-state index in [1.807, 2.05) is 38.2 Å². The average molecular weight is 293 g/mol. The van der Waals surface area contributed by atoms with E-state index in [2.05, 4.69) is 16.5 Å². The van der Waals surface area contributed by atoms with Crippen molar-refractivity contribution in [2.75, 3.05) is 13.1 Å². The van der Waals surface area contributed by atoms with Gasteiger partial charge in [-0.25, -0.2) is 9.78 Å². The second kappa shape index (κ2) is 6.50. The minimum Gasteiger partial charge on any atom is -0.444 e. The maximum atomic E-state index is 12.2. The Morgan fingerprint density at radius 1 is 1.48 bits per heavy atom. The number of hydrogen-bond donors (Lipinski definition) is 0. The molecule has 1 aliphatic rings. The highest BCUT2D eigenvalue weighted by molar-refractivity contribution is 5.68. The molecule has 1 aliphatic heterocycles. The summed E-state index contributed by atoms with van der Waals surface area (Å²) in [6, 6.07) is 0. The number of likely N-dealkylation sites (tertiary alicyclic amines) is 1. The number of piperidine rings is 1. The summed E-state index contributed by atoms with van der Waals surface area (Å²) in [7, 11) is 0. The summed E-state index contributed by atoms with van der Waals surface area (Å²) in [6.45, 7) is 10.4. The monoisotopic (exact) mass is 293 g/mol. The van der Waals surface area contributed by atoms with Crippen LogP contribution in [0.3, 0.4) is 0 Å². The molecular formula is C16H27N3O2. The zero-order valence-electron chi connectivity index (χ0n) is 13.6. The van der Waals surface area contributed by atoms with E-state index in [9.17, 15) is 4.79 Å². The summed E-state index contributed by atoms with van der Waals surface area (Å²) in [6.07, 6.45) is 6.85. The normalized spacial score (nSPS) is 19.6. The number of ether oxygens (including phenoxy) is 1. The number of aromatic nitrogens is 2. The second-order valence-corrected chi connectivity index (χ2v) is 6.78. The molecule has 0 aliphatic carbocycles. The van der Waals surface area contributed by atoms with Crippen molar-refractivity contribution in [2.24, 2.45) is 0 Å². The zero-order valence-corrected chi connectivity index (χ0v) is 13.6. The molecule has 21 heavy (non-hydrogen) atoms. The number of carbonyl (C=O) groups excluding carboxylic acids is 1. The van der Waals surface area contributed by atoms with Crippen LogP contribution in [0.1, 0.15) is 58.6 Å². The molecule has 0 radical (unpaired) electrons. The number of imidazole rings is 1. The third kappa shape index (κ3) is 4.22. The van der Waals surface area contributed by atoms with Crippen LogP contribution in [0, 0.1) is 0 Å². The molecule has 5 nitrogen and oxygen atoms in total. The highest BCUT2D eigenvalue weighted by Gasteiger charge is 2.29. The van der Waals surface area contributed by atoms with Crippen molar-refractivity contribution in [3.05, 3.63) is 18.2 Å². The van der Waals surface area contributed by atoms with Gasteiger partial charge >= 0.3 is 6.09 Å². The van der Waals surface area contributed by atoms with Gasteiger partial charge in [-0.15, -0.1) is 0 Å². The molecule has 0 aromatic carbocycles. The molecule has 0 N–H and O–H groups in total. The fourth-order valence-corrected chi connectivity index (χ4v) is 2.81. The van der Waals surface area contributed by atoms with Crippen molar-refractivity contribution < 1.29 is 9.53 Å². The summed E-state index contributed by atoms with van der Waals surface area (Å²) in [5, 5.41) is 0. The van der Waals surface area contributed by atoms with Crippen molar-refractivity contribution in [3.8, 4) is 0 Å². The van der Waals surface area contributed by atoms with Gasteiger partial charge in [0.05, 0.1) is 6.33 Å². The van der Waals surface area contributed by atoms with Crippen molar-refractivity contribution in [2.45, 2.75) is 65.0 Å². The van der Waals surface area contributed by atoms with Gasteiger partial charge in [-0.05, 0) is 40.0 Å². The predicted octanol–water partition coefficient (Wildman–Crippen LogP) is 3.41. The molecule has 1 aromatic heterocycles. The van der Waals surface area contributed by atoms with E-state index in [1.165, 1.54) is 5.69 Å². The number of carbonyl (C=O) groups is 1. The van der Waals surface area contributed by atoms with Gasteiger partial charge in [0.1, 0.15) is 5.60 Å². The maximum Gasteiger partial charge on any atom is 0.410 e. The maximum absolute atomic E-state index is 12.2. The molecular weight excluding hydrogens is 266 g/mol. The van der Waals surface area contributed by atoms with E-state index in [4.69, 9.17) is 4.74 Å². The van der Waals surface area contributed by atoms with E-state index in [0.717, 1.165) is 38.9 Å². The lowest BCUT2D eigenvalue weighted by Gasteiger charge is -2.34. The van der Waals surface area contributed by atoms with Crippen LogP contribution in [0.15, 0.2) is 12.5 Å². The molecule has 1 unspecified atom stereocenters. The van der Waals surface area contributed by atoms with Crippen LogP contribution in [0.2, 0.25) is 0 Å². The first-order chi connectivity index (χ1) is 9.90. The summed E-state index contributed by atoms with van der Waals surface area (Å²) >= 11 is 0. The van der Waals surface area contributed by atoms with Gasteiger partial charge in [-0.3, -0.25) is 0 Å². The molecule has 5 heteroatoms. The Labute approximate surface area is 127 Å². The van der Waals surface area contributed by atoms with Crippen LogP contribution in [0.25, 0.3) is 0 Å². The van der Waals surface area contributed by atoms with Crippen LogP contribution in [-0.4, -0.2) is 39.2 Å². The van der Waals surface area contributed by atoms with Gasteiger partial charge in [0, 0.05) is 37.4 Å². The molecule has 1 amide bonds. The molecule has 0 saturated carbocycles. The molecule has 1 fully saturated rings. The summed E-state index contributed by atoms with van der Waals surface area (Å²) in [5.74, 6) is 0.361. The first kappa shape index (κ1) is 15.9. The molecule has 1 aromatic rings. The standard InChI is InChI=1S/C16H27N3O2/c1-5-8-19-12-17-10-14(19)13-7-6-9-18(11-13)15(20)21-16(2,3)4/h10,12-13H,5-9,11H2,1-4H3. The highest BCUT2D eigenvalue weighted by Crippen LogP contribution is 2.27. The summed E-state index contributed by atoms with van der Waals surface area (Å²) in [5.41, 5.74) is 0.804. The Morgan fingerprint density at radius 2 is 2.24 bits per heavy atom. The van der Waals surface area contributed by atoms with Crippen molar-refractivity contribution in [1.82, 2.24) is 14.5 Å². The highest BCUT2D eigenvalue weighted by atomic mass is 16.6. The first-order valence-corrected chi connectivity index (χ1v) is 7.88. The van der Waals surface area contributed by atoms with Crippen molar-refractivity contribution >= 4 is 6.09 Å². The average Bonchev–Trinajstić information content (AvgIpc) is 2.86. The topological polar surface area (TPSA) is 47.4 Å². The molecule has 1 atom stereocenters.